The van der Waals surface area contributed by atoms with Crippen LogP contribution in [-0.4, -0.2) is 70.7 Å². The first kappa shape index (κ1) is 33.1. The molecule has 0 bridgehead atoms. The Kier molecular flexibility index (Phi) is 8.71. The maximum atomic E-state index is 15.2. The third-order valence-corrected chi connectivity index (χ3v) is 9.90. The van der Waals surface area contributed by atoms with Crippen molar-refractivity contribution in [2.45, 2.75) is 77.9 Å². The standard InChI is InChI=1S/C39H44N8O3/c1-21-9-22(2)12-27(11-21)17-33-35(48)36(49)34(18-28-13-23(3)10-24(4)14-28)47(20-26-6-8-32-30(16-26)38(41)45-43-32)39(50)46(33)19-25-5-7-31-29(15-25)37(40)44-42-31/h5-16,33-36,48-49H,17-20H2,1-4H3,(H3,40,42,44)(H3,41,43,45)/t33-,34-,35+,36+/m1/s1. The van der Waals surface area contributed by atoms with E-state index in [1.165, 1.54) is 0 Å². The third-order valence-electron chi connectivity index (χ3n) is 9.90. The number of nitrogen functional groups attached to an aromatic ring is 2. The summed E-state index contributed by atoms with van der Waals surface area (Å²) in [7, 11) is 0. The van der Waals surface area contributed by atoms with Gasteiger partial charge in [0.2, 0.25) is 0 Å². The average molecular weight is 673 g/mol. The number of fused-ring (bicyclic) bond motifs is 2. The third kappa shape index (κ3) is 6.49. The largest absolute Gasteiger partial charge is 0.388 e. The van der Waals surface area contributed by atoms with Gasteiger partial charge in [-0.15, -0.1) is 0 Å². The lowest BCUT2D eigenvalue weighted by atomic mass is 9.89. The van der Waals surface area contributed by atoms with Gasteiger partial charge in [0.05, 0.1) is 23.1 Å². The first-order valence-corrected chi connectivity index (χ1v) is 17.0. The van der Waals surface area contributed by atoms with E-state index in [0.717, 1.165) is 66.3 Å². The highest BCUT2D eigenvalue weighted by molar-refractivity contribution is 5.90. The number of urea groups is 1. The molecule has 1 aliphatic heterocycles. The van der Waals surface area contributed by atoms with E-state index in [2.05, 4.69) is 56.8 Å². The number of aromatic amines is 2. The van der Waals surface area contributed by atoms with Crippen molar-refractivity contribution in [3.05, 3.63) is 117 Å². The van der Waals surface area contributed by atoms with Crippen LogP contribution in [0.4, 0.5) is 16.4 Å². The summed E-state index contributed by atoms with van der Waals surface area (Å²) >= 11 is 0. The fraction of sp³-hybridized carbons (Fsp3) is 0.308. The summed E-state index contributed by atoms with van der Waals surface area (Å²) in [4.78, 5) is 18.7. The quantitative estimate of drug-likeness (QED) is 0.129. The molecule has 7 rings (SSSR count). The van der Waals surface area contributed by atoms with E-state index in [-0.39, 0.29) is 19.1 Å². The number of anilines is 2. The number of aliphatic hydroxyl groups is 2. The van der Waals surface area contributed by atoms with Crippen LogP contribution in [0.2, 0.25) is 0 Å². The number of nitrogens with one attached hydrogen (secondary N) is 2. The fourth-order valence-electron chi connectivity index (χ4n) is 7.71. The highest BCUT2D eigenvalue weighted by atomic mass is 16.3. The Balaban J connectivity index is 1.35. The number of aliphatic hydroxyl groups excluding tert-OH is 2. The van der Waals surface area contributed by atoms with Gasteiger partial charge in [-0.25, -0.2) is 4.79 Å². The SMILES string of the molecule is Cc1cc(C)cc(C[C@@H]2[C@H](O)[C@@H](O)[C@@H](Cc3cc(C)cc(C)c3)N(Cc3ccc4[nH]nc(N)c4c3)C(=O)N2Cc2ccc3[nH]nc(N)c3c2)c1. The summed E-state index contributed by atoms with van der Waals surface area (Å²) in [6.07, 6.45) is -1.81. The van der Waals surface area contributed by atoms with Gasteiger partial charge < -0.3 is 31.5 Å². The predicted octanol–water partition coefficient (Wildman–Crippen LogP) is 5.22. The number of rotatable bonds is 8. The number of carbonyl (C=O) groups excluding carboxylic acids is 1. The molecular formula is C39H44N8O3. The van der Waals surface area contributed by atoms with Crippen LogP contribution in [0.5, 0.6) is 0 Å². The summed E-state index contributed by atoms with van der Waals surface area (Å²) in [5.41, 5.74) is 21.9. The molecule has 2 amide bonds. The van der Waals surface area contributed by atoms with Crippen LogP contribution in [0.3, 0.4) is 0 Å². The molecule has 0 spiro atoms. The van der Waals surface area contributed by atoms with Crippen molar-refractivity contribution in [1.29, 1.82) is 0 Å². The van der Waals surface area contributed by atoms with Crippen molar-refractivity contribution < 1.29 is 15.0 Å². The number of benzene rings is 4. The molecule has 3 heterocycles. The van der Waals surface area contributed by atoms with E-state index in [1.807, 2.05) is 64.1 Å². The molecule has 11 heteroatoms. The number of hydrogen-bond acceptors (Lipinski definition) is 7. The second kappa shape index (κ2) is 13.1. The van der Waals surface area contributed by atoms with Crippen LogP contribution in [0, 0.1) is 27.7 Å². The van der Waals surface area contributed by atoms with E-state index < -0.39 is 24.3 Å². The molecule has 4 aromatic carbocycles. The zero-order valence-electron chi connectivity index (χ0n) is 28.8. The van der Waals surface area contributed by atoms with Crippen molar-refractivity contribution >= 4 is 39.5 Å². The number of carbonyl (C=O) groups is 1. The van der Waals surface area contributed by atoms with E-state index >= 15 is 4.79 Å². The van der Waals surface area contributed by atoms with Gasteiger partial charge >= 0.3 is 6.03 Å². The van der Waals surface area contributed by atoms with E-state index in [4.69, 9.17) is 11.5 Å². The minimum atomic E-state index is -1.25. The normalized spacial score (nSPS) is 19.8. The topological polar surface area (TPSA) is 173 Å². The number of amides is 2. The van der Waals surface area contributed by atoms with Gasteiger partial charge in [0.25, 0.3) is 0 Å². The van der Waals surface area contributed by atoms with E-state index in [9.17, 15) is 10.2 Å². The second-order valence-electron chi connectivity index (χ2n) is 14.0. The Hall–Kier alpha value is -5.39. The summed E-state index contributed by atoms with van der Waals surface area (Å²) in [5.74, 6) is 0.741. The van der Waals surface area contributed by atoms with Gasteiger partial charge in [-0.1, -0.05) is 70.8 Å². The van der Waals surface area contributed by atoms with Gasteiger partial charge in [0.1, 0.15) is 12.2 Å². The monoisotopic (exact) mass is 672 g/mol. The molecule has 0 aliphatic carbocycles. The molecule has 1 aliphatic rings. The Labute approximate surface area is 290 Å². The number of nitrogens with zero attached hydrogens (tertiary/aromatic N) is 4. The molecular weight excluding hydrogens is 628 g/mol. The lowest BCUT2D eigenvalue weighted by Gasteiger charge is -2.36. The Bertz CT molecular complexity index is 2010. The molecule has 8 N–H and O–H groups in total. The molecule has 2 aromatic heterocycles. The van der Waals surface area contributed by atoms with Crippen molar-refractivity contribution in [1.82, 2.24) is 30.2 Å². The minimum absolute atomic E-state index is 0.180. The molecule has 4 atom stereocenters. The van der Waals surface area contributed by atoms with Crippen LogP contribution < -0.4 is 11.5 Å². The number of aromatic nitrogens is 4. The Morgan fingerprint density at radius 2 is 0.980 bits per heavy atom. The van der Waals surface area contributed by atoms with Crippen LogP contribution in [0.1, 0.15) is 44.5 Å². The van der Waals surface area contributed by atoms with E-state index in [1.54, 1.807) is 9.80 Å². The Morgan fingerprint density at radius 1 is 0.600 bits per heavy atom. The maximum absolute atomic E-state index is 15.2. The van der Waals surface area contributed by atoms with Crippen molar-refractivity contribution in [3.8, 4) is 0 Å². The highest BCUT2D eigenvalue weighted by Gasteiger charge is 2.46. The van der Waals surface area contributed by atoms with Crippen LogP contribution in [-0.2, 0) is 25.9 Å². The van der Waals surface area contributed by atoms with Gasteiger partial charge in [0.15, 0.2) is 11.6 Å². The lowest BCUT2D eigenvalue weighted by Crippen LogP contribution is -2.50. The molecule has 0 saturated carbocycles. The zero-order valence-corrected chi connectivity index (χ0v) is 28.8. The second-order valence-corrected chi connectivity index (χ2v) is 14.0. The summed E-state index contributed by atoms with van der Waals surface area (Å²) in [5, 5.41) is 40.1. The van der Waals surface area contributed by atoms with Gasteiger partial charge in [-0.2, -0.15) is 10.2 Å². The van der Waals surface area contributed by atoms with Crippen LogP contribution >= 0.6 is 0 Å². The molecule has 6 aromatic rings. The molecule has 0 radical (unpaired) electrons. The molecule has 50 heavy (non-hydrogen) atoms. The molecule has 1 saturated heterocycles. The number of aryl methyl sites for hydroxylation is 4. The average Bonchev–Trinajstić information content (AvgIpc) is 3.61. The maximum Gasteiger partial charge on any atom is 0.321 e. The molecule has 0 unspecified atom stereocenters. The van der Waals surface area contributed by atoms with E-state index in [0.29, 0.717) is 24.5 Å². The van der Waals surface area contributed by atoms with Crippen LogP contribution in [0.25, 0.3) is 21.8 Å². The lowest BCUT2D eigenvalue weighted by molar-refractivity contribution is -0.0408. The van der Waals surface area contributed by atoms with Gasteiger partial charge in [0, 0.05) is 23.9 Å². The van der Waals surface area contributed by atoms with Crippen molar-refractivity contribution in [3.63, 3.8) is 0 Å². The predicted molar refractivity (Wildman–Crippen MR) is 196 cm³/mol. The van der Waals surface area contributed by atoms with Crippen LogP contribution in [0.15, 0.2) is 72.8 Å². The number of H-pyrrole nitrogens is 2. The molecule has 258 valence electrons. The summed E-state index contributed by atoms with van der Waals surface area (Å²) in [6.45, 7) is 8.50. The van der Waals surface area contributed by atoms with Gasteiger partial charge in [-0.3, -0.25) is 10.2 Å². The minimum Gasteiger partial charge on any atom is -0.388 e. The van der Waals surface area contributed by atoms with Crippen molar-refractivity contribution in [2.24, 2.45) is 0 Å². The molecule has 11 nitrogen and oxygen atoms in total. The Morgan fingerprint density at radius 3 is 1.36 bits per heavy atom. The fourth-order valence-corrected chi connectivity index (χ4v) is 7.71. The number of nitrogens with two attached hydrogens (primary N) is 2. The smallest absolute Gasteiger partial charge is 0.321 e. The summed E-state index contributed by atoms with van der Waals surface area (Å²) in [6, 6.07) is 22.2. The first-order valence-electron chi connectivity index (χ1n) is 17.0. The van der Waals surface area contributed by atoms with Crippen molar-refractivity contribution in [2.75, 3.05) is 11.5 Å². The molecule has 1 fully saturated rings. The highest BCUT2D eigenvalue weighted by Crippen LogP contribution is 2.32. The zero-order chi connectivity index (χ0) is 35.3. The summed E-state index contributed by atoms with van der Waals surface area (Å²) < 4.78 is 0. The first-order chi connectivity index (χ1) is 23.9. The number of hydrogen-bond donors (Lipinski definition) is 6. The van der Waals surface area contributed by atoms with Gasteiger partial charge in [-0.05, 0) is 87.1 Å².